The maximum Gasteiger partial charge on any atom is 0.338 e. The first-order chi connectivity index (χ1) is 13.5. The lowest BCUT2D eigenvalue weighted by Gasteiger charge is -2.18. The van der Waals surface area contributed by atoms with Crippen LogP contribution in [0, 0.1) is 5.82 Å². The number of carboxylic acid groups (broad SMARTS) is 1. The second-order valence-electron chi connectivity index (χ2n) is 6.42. The van der Waals surface area contributed by atoms with Crippen molar-refractivity contribution in [1.82, 2.24) is 10.1 Å². The lowest BCUT2D eigenvalue weighted by atomic mass is 10.1. The molecule has 0 atom stereocenters. The molecule has 152 valence electrons. The second-order valence-corrected chi connectivity index (χ2v) is 8.17. The number of carboxylic acids is 1. The summed E-state index contributed by atoms with van der Waals surface area (Å²) in [5, 5.41) is 12.7. The highest BCUT2D eigenvalue weighted by molar-refractivity contribution is 7.92. The van der Waals surface area contributed by atoms with E-state index >= 15 is 0 Å². The molecule has 0 radical (unpaired) electrons. The van der Waals surface area contributed by atoms with Gasteiger partial charge in [0.15, 0.2) is 0 Å². The van der Waals surface area contributed by atoms with Crippen molar-refractivity contribution in [3.63, 3.8) is 0 Å². The number of halogens is 1. The van der Waals surface area contributed by atoms with Gasteiger partial charge in [0.05, 0.1) is 23.2 Å². The van der Waals surface area contributed by atoms with Crippen molar-refractivity contribution >= 4 is 27.4 Å². The summed E-state index contributed by atoms with van der Waals surface area (Å²) in [4.78, 5) is 16.9. The molecule has 0 aliphatic rings. The molecular formula is C18H17FN4O5S. The van der Waals surface area contributed by atoms with Gasteiger partial charge in [-0.1, -0.05) is 5.16 Å². The van der Waals surface area contributed by atoms with Gasteiger partial charge >= 0.3 is 5.97 Å². The second kappa shape index (κ2) is 7.51. The van der Waals surface area contributed by atoms with Crippen LogP contribution in [0.25, 0.3) is 22.8 Å². The van der Waals surface area contributed by atoms with Crippen LogP contribution in [0.2, 0.25) is 0 Å². The number of sulfonamides is 1. The molecule has 29 heavy (non-hydrogen) atoms. The van der Waals surface area contributed by atoms with Gasteiger partial charge in [-0.15, -0.1) is 0 Å². The Morgan fingerprint density at radius 1 is 1.17 bits per heavy atom. The minimum absolute atomic E-state index is 0.0603. The Kier molecular flexibility index (Phi) is 5.25. The number of aromatic carboxylic acids is 1. The third-order valence-electron chi connectivity index (χ3n) is 3.90. The first-order valence-electron chi connectivity index (χ1n) is 8.21. The summed E-state index contributed by atoms with van der Waals surface area (Å²) in [6.45, 7) is 0. The highest BCUT2D eigenvalue weighted by atomic mass is 32.2. The van der Waals surface area contributed by atoms with E-state index in [1.165, 1.54) is 6.07 Å². The number of nitrogens with one attached hydrogen (secondary N) is 1. The van der Waals surface area contributed by atoms with Crippen LogP contribution in [0.15, 0.2) is 40.9 Å². The minimum Gasteiger partial charge on any atom is -0.478 e. The van der Waals surface area contributed by atoms with Gasteiger partial charge in [0.1, 0.15) is 5.82 Å². The van der Waals surface area contributed by atoms with E-state index in [-0.39, 0.29) is 17.3 Å². The van der Waals surface area contributed by atoms with Crippen molar-refractivity contribution in [2.75, 3.05) is 30.0 Å². The Morgan fingerprint density at radius 3 is 2.45 bits per heavy atom. The summed E-state index contributed by atoms with van der Waals surface area (Å²) in [5.41, 5.74) is 1.18. The van der Waals surface area contributed by atoms with Crippen LogP contribution in [0.1, 0.15) is 10.4 Å². The molecule has 0 spiro atoms. The molecule has 2 N–H and O–H groups in total. The summed E-state index contributed by atoms with van der Waals surface area (Å²) < 4.78 is 44.9. The van der Waals surface area contributed by atoms with Crippen LogP contribution in [-0.4, -0.2) is 50.0 Å². The summed E-state index contributed by atoms with van der Waals surface area (Å²) in [7, 11) is 0.0142. The maximum absolute atomic E-state index is 13.9. The van der Waals surface area contributed by atoms with Gasteiger partial charge in [-0.3, -0.25) is 4.72 Å². The zero-order valence-corrected chi connectivity index (χ0v) is 16.5. The first kappa shape index (κ1) is 20.3. The van der Waals surface area contributed by atoms with Crippen LogP contribution in [-0.2, 0) is 10.0 Å². The highest BCUT2D eigenvalue weighted by Gasteiger charge is 2.17. The molecule has 0 fully saturated rings. The van der Waals surface area contributed by atoms with E-state index in [1.54, 1.807) is 37.2 Å². The normalized spacial score (nSPS) is 11.3. The van der Waals surface area contributed by atoms with E-state index in [1.807, 2.05) is 0 Å². The van der Waals surface area contributed by atoms with Gasteiger partial charge in [0.25, 0.3) is 5.89 Å². The number of hydrogen-bond acceptors (Lipinski definition) is 7. The number of hydrogen-bond donors (Lipinski definition) is 2. The molecule has 0 aliphatic carbocycles. The van der Waals surface area contributed by atoms with E-state index < -0.39 is 27.4 Å². The Hall–Kier alpha value is -3.47. The van der Waals surface area contributed by atoms with Gasteiger partial charge in [0.2, 0.25) is 15.8 Å². The molecule has 9 nitrogen and oxygen atoms in total. The molecule has 2 aromatic carbocycles. The maximum atomic E-state index is 13.9. The van der Waals surface area contributed by atoms with Gasteiger partial charge in [-0.25, -0.2) is 17.6 Å². The number of aromatic nitrogens is 2. The third-order valence-corrected chi connectivity index (χ3v) is 4.50. The fraction of sp³-hybridized carbons (Fsp3) is 0.167. The van der Waals surface area contributed by atoms with Crippen molar-refractivity contribution < 1.29 is 27.2 Å². The Labute approximate surface area is 165 Å². The molecule has 0 saturated carbocycles. The van der Waals surface area contributed by atoms with Gasteiger partial charge < -0.3 is 14.5 Å². The van der Waals surface area contributed by atoms with Crippen molar-refractivity contribution in [2.24, 2.45) is 0 Å². The third kappa shape index (κ3) is 4.51. The summed E-state index contributed by atoms with van der Waals surface area (Å²) >= 11 is 0. The molecule has 0 bridgehead atoms. The van der Waals surface area contributed by atoms with E-state index in [0.29, 0.717) is 16.9 Å². The highest BCUT2D eigenvalue weighted by Crippen LogP contribution is 2.31. The number of nitrogens with zero attached hydrogens (tertiary/aromatic N) is 3. The van der Waals surface area contributed by atoms with Crippen LogP contribution in [0.5, 0.6) is 0 Å². The van der Waals surface area contributed by atoms with Gasteiger partial charge in [-0.05, 0) is 36.4 Å². The SMILES string of the molecule is CN(C)c1ccc(-c2nc(-c3ccc(C(=O)O)c(F)c3)no2)cc1NS(C)(=O)=O. The fourth-order valence-corrected chi connectivity index (χ4v) is 3.19. The lowest BCUT2D eigenvalue weighted by molar-refractivity contribution is 0.0692. The number of carbonyl (C=O) groups is 1. The number of rotatable bonds is 6. The van der Waals surface area contributed by atoms with E-state index in [0.717, 1.165) is 18.4 Å². The van der Waals surface area contributed by atoms with Crippen LogP contribution in [0.4, 0.5) is 15.8 Å². The lowest BCUT2D eigenvalue weighted by Crippen LogP contribution is -2.15. The average Bonchev–Trinajstić information content (AvgIpc) is 3.09. The van der Waals surface area contributed by atoms with Crippen molar-refractivity contribution in [1.29, 1.82) is 0 Å². The van der Waals surface area contributed by atoms with Crippen LogP contribution in [0.3, 0.4) is 0 Å². The van der Waals surface area contributed by atoms with Crippen molar-refractivity contribution in [2.45, 2.75) is 0 Å². The smallest absolute Gasteiger partial charge is 0.338 e. The first-order valence-corrected chi connectivity index (χ1v) is 10.1. The largest absolute Gasteiger partial charge is 0.478 e. The van der Waals surface area contributed by atoms with Crippen LogP contribution >= 0.6 is 0 Å². The molecule has 0 unspecified atom stereocenters. The molecular weight excluding hydrogens is 403 g/mol. The van der Waals surface area contributed by atoms with E-state index in [2.05, 4.69) is 14.9 Å². The zero-order valence-electron chi connectivity index (χ0n) is 15.7. The predicted octanol–water partition coefficient (Wildman–Crippen LogP) is 2.68. The average molecular weight is 420 g/mol. The molecule has 3 rings (SSSR count). The molecule has 0 aliphatic heterocycles. The number of benzene rings is 2. The van der Waals surface area contributed by atoms with Crippen molar-refractivity contribution in [3.8, 4) is 22.8 Å². The Bertz CT molecular complexity index is 1190. The quantitative estimate of drug-likeness (QED) is 0.623. The topological polar surface area (TPSA) is 126 Å². The predicted molar refractivity (Wildman–Crippen MR) is 105 cm³/mol. The Balaban J connectivity index is 1.99. The summed E-state index contributed by atoms with van der Waals surface area (Å²) in [6.07, 6.45) is 1.04. The standard InChI is InChI=1S/C18H17FN4O5S/c1-23(2)15-7-5-11(9-14(15)22-29(3,26)27)17-20-16(21-28-17)10-4-6-12(18(24)25)13(19)8-10/h4-9,22H,1-3H3,(H,24,25). The van der Waals surface area contributed by atoms with Crippen molar-refractivity contribution in [3.05, 3.63) is 47.8 Å². The fourth-order valence-electron chi connectivity index (χ4n) is 2.63. The molecule has 0 amide bonds. The number of anilines is 2. The molecule has 1 aromatic heterocycles. The van der Waals surface area contributed by atoms with Gasteiger partial charge in [0, 0.05) is 25.2 Å². The zero-order chi connectivity index (χ0) is 21.3. The molecule has 11 heteroatoms. The monoisotopic (exact) mass is 420 g/mol. The van der Waals surface area contributed by atoms with E-state index in [9.17, 15) is 17.6 Å². The van der Waals surface area contributed by atoms with E-state index in [4.69, 9.17) is 9.63 Å². The summed E-state index contributed by atoms with van der Waals surface area (Å²) in [5.74, 6) is -2.15. The summed E-state index contributed by atoms with van der Waals surface area (Å²) in [6, 6.07) is 8.39. The van der Waals surface area contributed by atoms with Crippen LogP contribution < -0.4 is 9.62 Å². The molecule has 3 aromatic rings. The Morgan fingerprint density at radius 2 is 1.86 bits per heavy atom. The molecule has 0 saturated heterocycles. The molecule has 1 heterocycles. The minimum atomic E-state index is -3.52. The van der Waals surface area contributed by atoms with Gasteiger partial charge in [-0.2, -0.15) is 4.98 Å².